The number of fused-ring (bicyclic) bond motifs is 1. The molecule has 0 radical (unpaired) electrons. The number of imidazole rings is 1. The molecule has 1 saturated heterocycles. The Hall–Kier alpha value is -2.62. The Morgan fingerprint density at radius 3 is 2.53 bits per heavy atom. The number of hydrogen-bond donors (Lipinski definition) is 0. The lowest BCUT2D eigenvalue weighted by molar-refractivity contribution is -0.128. The number of likely N-dealkylation sites (tertiary alicyclic amines) is 1. The Morgan fingerprint density at radius 2 is 1.70 bits per heavy atom. The highest BCUT2D eigenvalue weighted by Gasteiger charge is 2.34. The number of amides is 1. The number of hydrogen-bond acceptors (Lipinski definition) is 2. The number of aryl methyl sites for hydroxylation is 1. The number of aromatic nitrogens is 2. The Morgan fingerprint density at radius 1 is 0.933 bits per heavy atom. The maximum absolute atomic E-state index is 12.8. The van der Waals surface area contributed by atoms with Gasteiger partial charge in [-0.15, -0.1) is 0 Å². The summed E-state index contributed by atoms with van der Waals surface area (Å²) in [6, 6.07) is 18.8. The highest BCUT2D eigenvalue weighted by molar-refractivity contribution is 5.81. The molecule has 2 heterocycles. The van der Waals surface area contributed by atoms with E-state index in [9.17, 15) is 4.79 Å². The van der Waals surface area contributed by atoms with Crippen LogP contribution in [0.4, 0.5) is 0 Å². The van der Waals surface area contributed by atoms with Crippen molar-refractivity contribution in [2.75, 3.05) is 6.54 Å². The van der Waals surface area contributed by atoms with Gasteiger partial charge in [-0.05, 0) is 30.0 Å². The molecule has 4 heteroatoms. The minimum Gasteiger partial charge on any atom is -0.338 e. The predicted octanol–water partition coefficient (Wildman–Crippen LogP) is 5.52. The molecule has 1 saturated carbocycles. The van der Waals surface area contributed by atoms with E-state index >= 15 is 0 Å². The van der Waals surface area contributed by atoms with Gasteiger partial charge in [0.2, 0.25) is 5.91 Å². The van der Waals surface area contributed by atoms with Crippen molar-refractivity contribution in [2.45, 2.75) is 64.0 Å². The first kappa shape index (κ1) is 19.3. The lowest BCUT2D eigenvalue weighted by Crippen LogP contribution is -2.24. The highest BCUT2D eigenvalue weighted by Crippen LogP contribution is 2.33. The van der Waals surface area contributed by atoms with Gasteiger partial charge < -0.3 is 9.47 Å². The smallest absolute Gasteiger partial charge is 0.223 e. The maximum atomic E-state index is 12.8. The van der Waals surface area contributed by atoms with Gasteiger partial charge in [0.05, 0.1) is 11.0 Å². The van der Waals surface area contributed by atoms with Crippen LogP contribution in [0.1, 0.15) is 62.3 Å². The predicted molar refractivity (Wildman–Crippen MR) is 120 cm³/mol. The van der Waals surface area contributed by atoms with Crippen molar-refractivity contribution in [2.24, 2.45) is 5.92 Å². The van der Waals surface area contributed by atoms with E-state index in [0.717, 1.165) is 30.3 Å². The third-order valence-electron chi connectivity index (χ3n) is 6.97. The minimum atomic E-state index is 0.181. The van der Waals surface area contributed by atoms with Crippen molar-refractivity contribution in [1.29, 1.82) is 0 Å². The molecule has 156 valence electrons. The number of rotatable bonds is 6. The second-order valence-corrected chi connectivity index (χ2v) is 9.06. The molecule has 0 spiro atoms. The third-order valence-corrected chi connectivity index (χ3v) is 6.97. The van der Waals surface area contributed by atoms with Crippen molar-refractivity contribution in [3.05, 3.63) is 66.0 Å². The molecule has 1 amide bonds. The van der Waals surface area contributed by atoms with Crippen LogP contribution in [-0.2, 0) is 17.9 Å². The molecule has 1 aliphatic carbocycles. The van der Waals surface area contributed by atoms with Crippen LogP contribution in [0, 0.1) is 5.92 Å². The van der Waals surface area contributed by atoms with Gasteiger partial charge in [0, 0.05) is 32.0 Å². The fraction of sp³-hybridized carbons (Fsp3) is 0.462. The van der Waals surface area contributed by atoms with Crippen molar-refractivity contribution < 1.29 is 4.79 Å². The zero-order valence-electron chi connectivity index (χ0n) is 17.7. The van der Waals surface area contributed by atoms with Gasteiger partial charge in [0.25, 0.3) is 0 Å². The van der Waals surface area contributed by atoms with E-state index in [1.165, 1.54) is 49.6 Å². The second kappa shape index (κ2) is 8.63. The molecule has 3 aromatic rings. The van der Waals surface area contributed by atoms with Gasteiger partial charge in [-0.2, -0.15) is 0 Å². The fourth-order valence-electron chi connectivity index (χ4n) is 5.33. The monoisotopic (exact) mass is 401 g/mol. The molecule has 1 aromatic heterocycles. The molecule has 1 aliphatic heterocycles. The van der Waals surface area contributed by atoms with E-state index in [0.29, 0.717) is 13.0 Å². The zero-order chi connectivity index (χ0) is 20.3. The number of carbonyl (C=O) groups excluding carboxylic acids is 1. The first-order valence-corrected chi connectivity index (χ1v) is 11.5. The molecule has 4 nitrogen and oxygen atoms in total. The molecule has 2 fully saturated rings. The summed E-state index contributed by atoms with van der Waals surface area (Å²) in [5.74, 6) is 2.37. The molecule has 0 N–H and O–H groups in total. The van der Waals surface area contributed by atoms with Crippen molar-refractivity contribution in [1.82, 2.24) is 14.5 Å². The average molecular weight is 402 g/mol. The van der Waals surface area contributed by atoms with E-state index < -0.39 is 0 Å². The molecule has 0 unspecified atom stereocenters. The van der Waals surface area contributed by atoms with Gasteiger partial charge in [0.1, 0.15) is 5.82 Å². The van der Waals surface area contributed by atoms with E-state index in [1.54, 1.807) is 0 Å². The van der Waals surface area contributed by atoms with Gasteiger partial charge in [0.15, 0.2) is 0 Å². The topological polar surface area (TPSA) is 38.1 Å². The normalized spacial score (nSPS) is 20.3. The van der Waals surface area contributed by atoms with E-state index in [-0.39, 0.29) is 11.8 Å². The van der Waals surface area contributed by atoms with Crippen LogP contribution < -0.4 is 0 Å². The number of para-hydroxylation sites is 2. The zero-order valence-corrected chi connectivity index (χ0v) is 17.7. The van der Waals surface area contributed by atoms with Crippen LogP contribution in [0.3, 0.4) is 0 Å². The Balaban J connectivity index is 1.37. The van der Waals surface area contributed by atoms with Crippen LogP contribution in [-0.4, -0.2) is 26.9 Å². The standard InChI is InChI=1S/C26H31N3O/c30-25-17-22(19-28(25)18-21-11-5-2-6-12-21)26-27-23-13-7-8-14-24(23)29(26)16-15-20-9-3-1-4-10-20/h2,5-8,11-14,20,22H,1,3-4,9-10,15-19H2/t22-/m1/s1. The van der Waals surface area contributed by atoms with Crippen LogP contribution in [0.2, 0.25) is 0 Å². The Labute approximate surface area is 178 Å². The molecular formula is C26H31N3O. The van der Waals surface area contributed by atoms with Crippen LogP contribution >= 0.6 is 0 Å². The largest absolute Gasteiger partial charge is 0.338 e. The Kier molecular flexibility index (Phi) is 5.56. The van der Waals surface area contributed by atoms with E-state index in [1.807, 2.05) is 23.1 Å². The second-order valence-electron chi connectivity index (χ2n) is 9.06. The highest BCUT2D eigenvalue weighted by atomic mass is 16.2. The van der Waals surface area contributed by atoms with Crippen molar-refractivity contribution in [3.63, 3.8) is 0 Å². The third kappa shape index (κ3) is 4.00. The fourth-order valence-corrected chi connectivity index (χ4v) is 5.33. The van der Waals surface area contributed by atoms with Gasteiger partial charge in [-0.3, -0.25) is 4.79 Å². The molecular weight excluding hydrogens is 370 g/mol. The molecule has 0 bridgehead atoms. The Bertz CT molecular complexity index is 1000. The summed E-state index contributed by atoms with van der Waals surface area (Å²) in [6.45, 7) is 2.48. The number of benzene rings is 2. The average Bonchev–Trinajstić information content (AvgIpc) is 3.34. The lowest BCUT2D eigenvalue weighted by Gasteiger charge is -2.23. The van der Waals surface area contributed by atoms with Gasteiger partial charge in [-0.25, -0.2) is 4.98 Å². The van der Waals surface area contributed by atoms with Gasteiger partial charge >= 0.3 is 0 Å². The quantitative estimate of drug-likeness (QED) is 0.545. The van der Waals surface area contributed by atoms with E-state index in [2.05, 4.69) is 41.0 Å². The number of nitrogens with zero attached hydrogens (tertiary/aromatic N) is 3. The summed E-state index contributed by atoms with van der Waals surface area (Å²) in [5, 5.41) is 0. The van der Waals surface area contributed by atoms with Gasteiger partial charge in [-0.1, -0.05) is 74.6 Å². The SMILES string of the molecule is O=C1C[C@@H](c2nc3ccccc3n2CCC2CCCCC2)CN1Cc1ccccc1. The first-order chi connectivity index (χ1) is 14.8. The minimum absolute atomic E-state index is 0.181. The lowest BCUT2D eigenvalue weighted by atomic mass is 9.87. The summed E-state index contributed by atoms with van der Waals surface area (Å²) >= 11 is 0. The molecule has 1 atom stereocenters. The maximum Gasteiger partial charge on any atom is 0.223 e. The summed E-state index contributed by atoms with van der Waals surface area (Å²) in [5.41, 5.74) is 3.47. The summed E-state index contributed by atoms with van der Waals surface area (Å²) in [6.07, 6.45) is 8.70. The van der Waals surface area contributed by atoms with Crippen molar-refractivity contribution >= 4 is 16.9 Å². The molecule has 30 heavy (non-hydrogen) atoms. The first-order valence-electron chi connectivity index (χ1n) is 11.5. The van der Waals surface area contributed by atoms with Crippen LogP contribution in [0.15, 0.2) is 54.6 Å². The molecule has 2 aliphatic rings. The summed E-state index contributed by atoms with van der Waals surface area (Å²) in [7, 11) is 0. The van der Waals surface area contributed by atoms with E-state index in [4.69, 9.17) is 4.98 Å². The van der Waals surface area contributed by atoms with Crippen LogP contribution in [0.5, 0.6) is 0 Å². The summed E-state index contributed by atoms with van der Waals surface area (Å²) < 4.78 is 2.42. The number of carbonyl (C=O) groups is 1. The summed E-state index contributed by atoms with van der Waals surface area (Å²) in [4.78, 5) is 19.8. The molecule has 2 aromatic carbocycles. The molecule has 5 rings (SSSR count). The van der Waals surface area contributed by atoms with Crippen molar-refractivity contribution in [3.8, 4) is 0 Å². The van der Waals surface area contributed by atoms with Crippen LogP contribution in [0.25, 0.3) is 11.0 Å².